The van der Waals surface area contributed by atoms with Crippen LogP contribution in [0, 0.1) is 0 Å². The number of hydrogen-bond acceptors (Lipinski definition) is 6. The molecule has 0 radical (unpaired) electrons. The minimum atomic E-state index is -0.352. The lowest BCUT2D eigenvalue weighted by Gasteiger charge is -2.09. The average Bonchev–Trinajstić information content (AvgIpc) is 2.93. The second-order valence-electron chi connectivity index (χ2n) is 6.56. The van der Waals surface area contributed by atoms with Gasteiger partial charge in [0.05, 0.1) is 19.8 Å². The second-order valence-corrected chi connectivity index (χ2v) is 6.56. The van der Waals surface area contributed by atoms with E-state index in [0.29, 0.717) is 40.1 Å². The molecule has 31 heavy (non-hydrogen) atoms. The molecule has 4 rings (SSSR count). The number of fused-ring (bicyclic) bond motifs is 2. The minimum absolute atomic E-state index is 0.291. The Morgan fingerprint density at radius 2 is 1.94 bits per heavy atom. The first kappa shape index (κ1) is 20.0. The maximum absolute atomic E-state index is 12.6. The zero-order valence-electron chi connectivity index (χ0n) is 16.8. The van der Waals surface area contributed by atoms with Crippen molar-refractivity contribution >= 4 is 29.3 Å². The molecule has 0 atom stereocenters. The van der Waals surface area contributed by atoms with Gasteiger partial charge in [0, 0.05) is 18.0 Å². The van der Waals surface area contributed by atoms with Gasteiger partial charge in [0.15, 0.2) is 11.5 Å². The highest BCUT2D eigenvalue weighted by Gasteiger charge is 2.22. The smallest absolute Gasteiger partial charge is 0.259 e. The average molecular weight is 417 g/mol. The number of benzene rings is 2. The number of carbonyl (C=O) groups excluding carboxylic acids is 2. The van der Waals surface area contributed by atoms with Gasteiger partial charge in [-0.3, -0.25) is 9.59 Å². The predicted molar refractivity (Wildman–Crippen MR) is 116 cm³/mol. The molecule has 0 unspecified atom stereocenters. The number of carbonyl (C=O) groups is 2. The van der Waals surface area contributed by atoms with Gasteiger partial charge in [0.2, 0.25) is 11.8 Å². The van der Waals surface area contributed by atoms with E-state index < -0.39 is 0 Å². The third-order valence-electron chi connectivity index (χ3n) is 4.55. The van der Waals surface area contributed by atoms with Gasteiger partial charge in [-0.25, -0.2) is 4.98 Å². The molecular weight excluding hydrogens is 398 g/mol. The quantitative estimate of drug-likeness (QED) is 0.606. The van der Waals surface area contributed by atoms with Gasteiger partial charge < -0.3 is 24.8 Å². The molecule has 0 spiro atoms. The molecule has 0 saturated carbocycles. The van der Waals surface area contributed by atoms with E-state index in [1.54, 1.807) is 75.0 Å². The van der Waals surface area contributed by atoms with Crippen molar-refractivity contribution in [1.82, 2.24) is 4.98 Å². The van der Waals surface area contributed by atoms with Gasteiger partial charge in [0.1, 0.15) is 11.4 Å². The van der Waals surface area contributed by atoms with E-state index in [0.717, 1.165) is 5.56 Å². The Balaban J connectivity index is 1.49. The first-order valence-electron chi connectivity index (χ1n) is 9.37. The molecule has 0 saturated heterocycles. The van der Waals surface area contributed by atoms with Gasteiger partial charge in [-0.2, -0.15) is 0 Å². The molecule has 2 heterocycles. The summed E-state index contributed by atoms with van der Waals surface area (Å²) in [5, 5.41) is 5.49. The topological polar surface area (TPSA) is 98.8 Å². The Labute approximate surface area is 178 Å². The molecule has 1 aliphatic rings. The lowest BCUT2D eigenvalue weighted by Crippen LogP contribution is -2.12. The summed E-state index contributed by atoms with van der Waals surface area (Å²) in [5.74, 6) is 1.13. The van der Waals surface area contributed by atoms with E-state index in [2.05, 4.69) is 15.6 Å². The summed E-state index contributed by atoms with van der Waals surface area (Å²) in [6, 6.07) is 13.6. The van der Waals surface area contributed by atoms with Crippen LogP contribution in [0.1, 0.15) is 15.9 Å². The van der Waals surface area contributed by atoms with Crippen LogP contribution in [0.15, 0.2) is 60.8 Å². The van der Waals surface area contributed by atoms with Crippen LogP contribution in [0.5, 0.6) is 23.1 Å². The monoisotopic (exact) mass is 417 g/mol. The van der Waals surface area contributed by atoms with E-state index in [-0.39, 0.29) is 11.8 Å². The zero-order valence-corrected chi connectivity index (χ0v) is 16.8. The number of rotatable bonds is 5. The predicted octanol–water partition coefficient (Wildman–Crippen LogP) is 4.11. The molecule has 156 valence electrons. The first-order chi connectivity index (χ1) is 15.1. The van der Waals surface area contributed by atoms with Crippen molar-refractivity contribution in [3.05, 3.63) is 71.9 Å². The molecule has 8 heteroatoms. The maximum atomic E-state index is 12.6. The van der Waals surface area contributed by atoms with Crippen LogP contribution >= 0.6 is 0 Å². The Morgan fingerprint density at radius 1 is 1.10 bits per heavy atom. The first-order valence-corrected chi connectivity index (χ1v) is 9.37. The molecule has 2 aromatic carbocycles. The fourth-order valence-electron chi connectivity index (χ4n) is 3.05. The van der Waals surface area contributed by atoms with Crippen LogP contribution in [0.25, 0.3) is 6.08 Å². The Kier molecular flexibility index (Phi) is 5.53. The highest BCUT2D eigenvalue weighted by Crippen LogP contribution is 2.35. The second kappa shape index (κ2) is 8.58. The summed E-state index contributed by atoms with van der Waals surface area (Å²) in [5.41, 5.74) is 2.00. The molecule has 0 fully saturated rings. The summed E-state index contributed by atoms with van der Waals surface area (Å²) >= 11 is 0. The van der Waals surface area contributed by atoms with E-state index in [9.17, 15) is 9.59 Å². The van der Waals surface area contributed by atoms with Gasteiger partial charge in [0.25, 0.3) is 5.91 Å². The number of pyridine rings is 1. The maximum Gasteiger partial charge on any atom is 0.259 e. The highest BCUT2D eigenvalue weighted by atomic mass is 16.5. The number of methoxy groups -OCH3 is 2. The lowest BCUT2D eigenvalue weighted by atomic mass is 10.1. The third kappa shape index (κ3) is 4.32. The molecule has 1 aliphatic heterocycles. The van der Waals surface area contributed by atoms with Crippen molar-refractivity contribution in [2.45, 2.75) is 0 Å². The molecule has 3 aromatic rings. The Bertz CT molecular complexity index is 1190. The number of nitrogens with zero attached hydrogens (tertiary/aromatic N) is 1. The summed E-state index contributed by atoms with van der Waals surface area (Å²) in [4.78, 5) is 29.1. The van der Waals surface area contributed by atoms with E-state index in [4.69, 9.17) is 14.2 Å². The van der Waals surface area contributed by atoms with Crippen LogP contribution < -0.4 is 24.8 Å². The number of aromatic nitrogens is 1. The van der Waals surface area contributed by atoms with Crippen LogP contribution in [-0.4, -0.2) is 31.0 Å². The SMILES string of the molecule is COc1ccc(C=CC(=O)Nc2ccc3c(c2)C(=O)Nc2cccnc2O3)cc1OC. The zero-order chi connectivity index (χ0) is 21.8. The highest BCUT2D eigenvalue weighted by molar-refractivity contribution is 6.09. The minimum Gasteiger partial charge on any atom is -0.493 e. The number of hydrogen-bond donors (Lipinski definition) is 2. The lowest BCUT2D eigenvalue weighted by molar-refractivity contribution is -0.111. The summed E-state index contributed by atoms with van der Waals surface area (Å²) in [6.45, 7) is 0. The van der Waals surface area contributed by atoms with Crippen molar-refractivity contribution in [3.63, 3.8) is 0 Å². The summed E-state index contributed by atoms with van der Waals surface area (Å²) in [7, 11) is 3.10. The number of amides is 2. The standard InChI is InChI=1S/C23H19N3O5/c1-29-19-8-5-14(12-20(19)30-2)6-10-21(27)25-15-7-9-18-16(13-15)22(28)26-17-4-3-11-24-23(17)31-18/h3-13H,1-2H3,(H,25,27)(H,26,28). The normalized spacial score (nSPS) is 12.1. The fourth-order valence-corrected chi connectivity index (χ4v) is 3.05. The fraction of sp³-hybridized carbons (Fsp3) is 0.0870. The molecule has 1 aromatic heterocycles. The van der Waals surface area contributed by atoms with E-state index in [1.807, 2.05) is 0 Å². The van der Waals surface area contributed by atoms with E-state index in [1.165, 1.54) is 6.08 Å². The Morgan fingerprint density at radius 3 is 2.74 bits per heavy atom. The molecule has 8 nitrogen and oxygen atoms in total. The van der Waals surface area contributed by atoms with Crippen molar-refractivity contribution < 1.29 is 23.8 Å². The van der Waals surface area contributed by atoms with Crippen molar-refractivity contribution in [2.24, 2.45) is 0 Å². The largest absolute Gasteiger partial charge is 0.493 e. The van der Waals surface area contributed by atoms with Gasteiger partial charge >= 0.3 is 0 Å². The third-order valence-corrected chi connectivity index (χ3v) is 4.55. The van der Waals surface area contributed by atoms with Crippen LogP contribution in [0.3, 0.4) is 0 Å². The number of nitrogens with one attached hydrogen (secondary N) is 2. The number of anilines is 2. The van der Waals surface area contributed by atoms with Crippen LogP contribution in [0.2, 0.25) is 0 Å². The van der Waals surface area contributed by atoms with Crippen LogP contribution in [0.4, 0.5) is 11.4 Å². The van der Waals surface area contributed by atoms with Crippen LogP contribution in [-0.2, 0) is 4.79 Å². The van der Waals surface area contributed by atoms with E-state index >= 15 is 0 Å². The molecule has 2 amide bonds. The van der Waals surface area contributed by atoms with Gasteiger partial charge in [-0.05, 0) is 54.1 Å². The van der Waals surface area contributed by atoms with Crippen molar-refractivity contribution in [1.29, 1.82) is 0 Å². The molecule has 0 aliphatic carbocycles. The molecule has 0 bridgehead atoms. The molecular formula is C23H19N3O5. The van der Waals surface area contributed by atoms with Crippen molar-refractivity contribution in [3.8, 4) is 23.1 Å². The van der Waals surface area contributed by atoms with Crippen molar-refractivity contribution in [2.75, 3.05) is 24.9 Å². The Hall–Kier alpha value is -4.33. The van der Waals surface area contributed by atoms with Gasteiger partial charge in [-0.15, -0.1) is 0 Å². The summed E-state index contributed by atoms with van der Waals surface area (Å²) in [6.07, 6.45) is 4.62. The van der Waals surface area contributed by atoms with Gasteiger partial charge in [-0.1, -0.05) is 6.07 Å². The summed E-state index contributed by atoms with van der Waals surface area (Å²) < 4.78 is 16.2. The number of ether oxygens (including phenoxy) is 3. The molecule has 2 N–H and O–H groups in total.